The molecule has 1 amide bonds. The maximum absolute atomic E-state index is 12.4. The zero-order valence-electron chi connectivity index (χ0n) is 11.8. The van der Waals surface area contributed by atoms with Crippen molar-refractivity contribution in [2.75, 3.05) is 5.43 Å². The number of amides is 1. The molecule has 0 aliphatic heterocycles. The van der Waals surface area contributed by atoms with Crippen LogP contribution in [0.5, 0.6) is 0 Å². The Balaban J connectivity index is 2.11. The van der Waals surface area contributed by atoms with Gasteiger partial charge in [0.05, 0.1) is 5.56 Å². The van der Waals surface area contributed by atoms with Crippen LogP contribution in [0, 0.1) is 0 Å². The van der Waals surface area contributed by atoms with Crippen LogP contribution in [0.4, 0.5) is 0 Å². The van der Waals surface area contributed by atoms with Crippen molar-refractivity contribution in [3.8, 4) is 0 Å². The Bertz CT molecular complexity index is 964. The quantitative estimate of drug-likeness (QED) is 0.763. The van der Waals surface area contributed by atoms with Crippen LogP contribution in [0.25, 0.3) is 10.8 Å². The van der Waals surface area contributed by atoms with Crippen molar-refractivity contribution in [2.45, 2.75) is 0 Å². The second-order valence-corrected chi connectivity index (χ2v) is 4.75. The molecule has 2 heterocycles. The van der Waals surface area contributed by atoms with Crippen LogP contribution < -0.4 is 11.0 Å². The molecule has 0 bridgehead atoms. The van der Waals surface area contributed by atoms with Gasteiger partial charge in [0, 0.05) is 34.9 Å². The van der Waals surface area contributed by atoms with Gasteiger partial charge < -0.3 is 5.11 Å². The van der Waals surface area contributed by atoms with Crippen molar-refractivity contribution in [1.29, 1.82) is 0 Å². The predicted molar refractivity (Wildman–Crippen MR) is 83.1 cm³/mol. The first kappa shape index (κ1) is 14.5. The minimum Gasteiger partial charge on any atom is -0.478 e. The first-order valence-corrected chi connectivity index (χ1v) is 6.67. The van der Waals surface area contributed by atoms with E-state index in [0.29, 0.717) is 10.9 Å². The molecule has 0 fully saturated rings. The lowest BCUT2D eigenvalue weighted by molar-refractivity contribution is 0.0697. The van der Waals surface area contributed by atoms with Crippen molar-refractivity contribution in [3.05, 3.63) is 76.5 Å². The van der Waals surface area contributed by atoms with Gasteiger partial charge in [-0.05, 0) is 18.2 Å². The number of hydrogen-bond donors (Lipinski definition) is 2. The second kappa shape index (κ2) is 5.72. The number of benzene rings is 1. The van der Waals surface area contributed by atoms with E-state index in [0.717, 1.165) is 10.9 Å². The molecule has 0 unspecified atom stereocenters. The SMILES string of the molecule is O=C(Nn1cc(C(=O)O)c2ccccc2c1=O)c1ccncc1. The molecule has 1 aromatic carbocycles. The fourth-order valence-electron chi connectivity index (χ4n) is 2.22. The molecule has 2 aromatic heterocycles. The second-order valence-electron chi connectivity index (χ2n) is 4.75. The summed E-state index contributed by atoms with van der Waals surface area (Å²) in [6.07, 6.45) is 3.99. The number of rotatable bonds is 3. The Hall–Kier alpha value is -3.48. The molecule has 23 heavy (non-hydrogen) atoms. The normalized spacial score (nSPS) is 10.4. The highest BCUT2D eigenvalue weighted by molar-refractivity contribution is 6.04. The first-order chi connectivity index (χ1) is 11.1. The van der Waals surface area contributed by atoms with Gasteiger partial charge in [0.2, 0.25) is 0 Å². The van der Waals surface area contributed by atoms with E-state index in [1.165, 1.54) is 30.6 Å². The summed E-state index contributed by atoms with van der Waals surface area (Å²) in [7, 11) is 0. The van der Waals surface area contributed by atoms with Gasteiger partial charge >= 0.3 is 5.97 Å². The highest BCUT2D eigenvalue weighted by Gasteiger charge is 2.15. The van der Waals surface area contributed by atoms with Crippen LogP contribution in [0.15, 0.2) is 59.8 Å². The third-order valence-corrected chi connectivity index (χ3v) is 3.32. The standard InChI is InChI=1S/C16H11N3O4/c20-14(10-5-7-17-8-6-10)18-19-9-13(16(22)23)11-3-1-2-4-12(11)15(19)21/h1-9H,(H,18,20)(H,22,23). The molecule has 0 aliphatic rings. The zero-order valence-corrected chi connectivity index (χ0v) is 11.8. The summed E-state index contributed by atoms with van der Waals surface area (Å²) in [6.45, 7) is 0. The number of carboxylic acid groups (broad SMARTS) is 1. The Kier molecular flexibility index (Phi) is 3.60. The Labute approximate surface area is 129 Å². The van der Waals surface area contributed by atoms with E-state index >= 15 is 0 Å². The van der Waals surface area contributed by atoms with Gasteiger partial charge in [0.25, 0.3) is 11.5 Å². The summed E-state index contributed by atoms with van der Waals surface area (Å²) in [5, 5.41) is 9.84. The van der Waals surface area contributed by atoms with E-state index < -0.39 is 17.4 Å². The lowest BCUT2D eigenvalue weighted by Crippen LogP contribution is -2.33. The Morgan fingerprint density at radius 3 is 2.35 bits per heavy atom. The summed E-state index contributed by atoms with van der Waals surface area (Å²) in [5.74, 6) is -1.73. The fourth-order valence-corrected chi connectivity index (χ4v) is 2.22. The van der Waals surface area contributed by atoms with Crippen molar-refractivity contribution < 1.29 is 14.7 Å². The molecular formula is C16H11N3O4. The molecule has 114 valence electrons. The van der Waals surface area contributed by atoms with Crippen LogP contribution in [0.2, 0.25) is 0 Å². The summed E-state index contributed by atoms with van der Waals surface area (Å²) in [6, 6.07) is 9.31. The summed E-state index contributed by atoms with van der Waals surface area (Å²) >= 11 is 0. The third-order valence-electron chi connectivity index (χ3n) is 3.32. The van der Waals surface area contributed by atoms with E-state index in [1.54, 1.807) is 18.2 Å². The van der Waals surface area contributed by atoms with E-state index in [9.17, 15) is 19.5 Å². The van der Waals surface area contributed by atoms with E-state index in [1.807, 2.05) is 0 Å². The van der Waals surface area contributed by atoms with Gasteiger partial charge in [-0.3, -0.25) is 20.0 Å². The molecular weight excluding hydrogens is 298 g/mol. The molecule has 0 saturated carbocycles. The number of aromatic carboxylic acids is 1. The van der Waals surface area contributed by atoms with E-state index in [4.69, 9.17) is 0 Å². The topological polar surface area (TPSA) is 101 Å². The molecule has 7 nitrogen and oxygen atoms in total. The van der Waals surface area contributed by atoms with Gasteiger partial charge in [-0.25, -0.2) is 9.47 Å². The molecule has 0 atom stereocenters. The van der Waals surface area contributed by atoms with E-state index in [2.05, 4.69) is 10.4 Å². The minimum absolute atomic E-state index is 0.0739. The number of carbonyl (C=O) groups is 2. The molecule has 0 radical (unpaired) electrons. The Morgan fingerprint density at radius 2 is 1.70 bits per heavy atom. The van der Waals surface area contributed by atoms with E-state index in [-0.39, 0.29) is 10.9 Å². The number of aromatic nitrogens is 2. The van der Waals surface area contributed by atoms with Crippen molar-refractivity contribution in [1.82, 2.24) is 9.66 Å². The largest absolute Gasteiger partial charge is 0.478 e. The lowest BCUT2D eigenvalue weighted by Gasteiger charge is -2.11. The molecule has 0 aliphatic carbocycles. The number of carboxylic acids is 1. The van der Waals surface area contributed by atoms with Gasteiger partial charge in [0.15, 0.2) is 0 Å². The maximum atomic E-state index is 12.4. The van der Waals surface area contributed by atoms with Crippen molar-refractivity contribution in [2.24, 2.45) is 0 Å². The van der Waals surface area contributed by atoms with Crippen molar-refractivity contribution >= 4 is 22.6 Å². The fraction of sp³-hybridized carbons (Fsp3) is 0. The molecule has 0 spiro atoms. The highest BCUT2D eigenvalue weighted by Crippen LogP contribution is 2.15. The predicted octanol–water partition coefficient (Wildman–Crippen LogP) is 1.48. The molecule has 0 saturated heterocycles. The average molecular weight is 309 g/mol. The molecule has 7 heteroatoms. The number of nitrogens with zero attached hydrogens (tertiary/aromatic N) is 2. The lowest BCUT2D eigenvalue weighted by atomic mass is 10.1. The van der Waals surface area contributed by atoms with Gasteiger partial charge in [-0.15, -0.1) is 0 Å². The number of fused-ring (bicyclic) bond motifs is 1. The number of hydrogen-bond acceptors (Lipinski definition) is 4. The van der Waals surface area contributed by atoms with Gasteiger partial charge in [0.1, 0.15) is 0 Å². The minimum atomic E-state index is -1.19. The number of nitrogens with one attached hydrogen (secondary N) is 1. The number of pyridine rings is 2. The number of carbonyl (C=O) groups excluding carboxylic acids is 1. The van der Waals surface area contributed by atoms with Gasteiger partial charge in [-0.2, -0.15) is 0 Å². The van der Waals surface area contributed by atoms with Crippen molar-refractivity contribution in [3.63, 3.8) is 0 Å². The Morgan fingerprint density at radius 1 is 1.04 bits per heavy atom. The van der Waals surface area contributed by atoms with Crippen LogP contribution in [-0.4, -0.2) is 26.6 Å². The zero-order chi connectivity index (χ0) is 16.4. The third kappa shape index (κ3) is 2.67. The summed E-state index contributed by atoms with van der Waals surface area (Å²) in [5.41, 5.74) is 2.11. The highest BCUT2D eigenvalue weighted by atomic mass is 16.4. The monoisotopic (exact) mass is 309 g/mol. The van der Waals surface area contributed by atoms with Crippen LogP contribution in [-0.2, 0) is 0 Å². The summed E-state index contributed by atoms with van der Waals surface area (Å²) in [4.78, 5) is 39.8. The van der Waals surface area contributed by atoms with Gasteiger partial charge in [-0.1, -0.05) is 18.2 Å². The molecule has 3 rings (SSSR count). The molecule has 3 aromatic rings. The van der Waals surface area contributed by atoms with Crippen LogP contribution in [0.3, 0.4) is 0 Å². The van der Waals surface area contributed by atoms with Crippen LogP contribution >= 0.6 is 0 Å². The summed E-state index contributed by atoms with van der Waals surface area (Å²) < 4.78 is 0.883. The molecule has 2 N–H and O–H groups in total. The van der Waals surface area contributed by atoms with Crippen LogP contribution in [0.1, 0.15) is 20.7 Å². The average Bonchev–Trinajstić information content (AvgIpc) is 2.58. The maximum Gasteiger partial charge on any atom is 0.337 e. The first-order valence-electron chi connectivity index (χ1n) is 6.67. The smallest absolute Gasteiger partial charge is 0.337 e.